The van der Waals surface area contributed by atoms with Gasteiger partial charge < -0.3 is 20.3 Å². The minimum atomic E-state index is -1.23. The lowest BCUT2D eigenvalue weighted by molar-refractivity contribution is -0.132. The van der Waals surface area contributed by atoms with Crippen LogP contribution in [0.5, 0.6) is 5.75 Å². The van der Waals surface area contributed by atoms with E-state index in [4.69, 9.17) is 4.74 Å². The van der Waals surface area contributed by atoms with Gasteiger partial charge in [-0.15, -0.1) is 0 Å². The Bertz CT molecular complexity index is 845. The smallest absolute Gasteiger partial charge is 0.352 e. The molecule has 0 radical (unpaired) electrons. The Morgan fingerprint density at radius 3 is 2.32 bits per heavy atom. The van der Waals surface area contributed by atoms with Gasteiger partial charge in [0.15, 0.2) is 0 Å². The molecule has 146 valence electrons. The first-order valence-corrected chi connectivity index (χ1v) is 9.29. The van der Waals surface area contributed by atoms with Gasteiger partial charge in [-0.3, -0.25) is 4.79 Å². The van der Waals surface area contributed by atoms with Crippen molar-refractivity contribution in [3.63, 3.8) is 0 Å². The van der Waals surface area contributed by atoms with E-state index in [9.17, 15) is 19.8 Å². The number of carboxylic acids is 1. The van der Waals surface area contributed by atoms with Crippen molar-refractivity contribution in [2.75, 3.05) is 0 Å². The first-order valence-electron chi connectivity index (χ1n) is 9.29. The van der Waals surface area contributed by atoms with E-state index in [-0.39, 0.29) is 11.8 Å². The van der Waals surface area contributed by atoms with Crippen LogP contribution in [-0.2, 0) is 4.79 Å². The topological polar surface area (TPSA) is 95.9 Å². The molecule has 3 rings (SSSR count). The number of ether oxygens (including phenoxy) is 1. The number of carboxylic acid groups (broad SMARTS) is 1. The molecule has 0 aromatic heterocycles. The van der Waals surface area contributed by atoms with Gasteiger partial charge in [0.1, 0.15) is 17.6 Å². The van der Waals surface area contributed by atoms with E-state index in [1.807, 2.05) is 0 Å². The van der Waals surface area contributed by atoms with Gasteiger partial charge in [0, 0.05) is 5.56 Å². The molecule has 6 heteroatoms. The molecule has 0 aliphatic heterocycles. The van der Waals surface area contributed by atoms with Crippen molar-refractivity contribution in [3.05, 3.63) is 71.4 Å². The van der Waals surface area contributed by atoms with Crippen LogP contribution < -0.4 is 10.1 Å². The lowest BCUT2D eigenvalue weighted by atomic mass is 9.95. The van der Waals surface area contributed by atoms with Crippen molar-refractivity contribution in [1.82, 2.24) is 5.32 Å². The molecule has 2 unspecified atom stereocenters. The summed E-state index contributed by atoms with van der Waals surface area (Å²) in [6.45, 7) is 0. The maximum Gasteiger partial charge on any atom is 0.352 e. The molecular formula is C22H23NO5. The van der Waals surface area contributed by atoms with Gasteiger partial charge in [0.25, 0.3) is 5.91 Å². The molecule has 1 aliphatic rings. The second-order valence-corrected chi connectivity index (χ2v) is 6.76. The summed E-state index contributed by atoms with van der Waals surface area (Å²) < 4.78 is 5.84. The highest BCUT2D eigenvalue weighted by atomic mass is 16.5. The van der Waals surface area contributed by atoms with E-state index < -0.39 is 18.0 Å². The molecule has 1 amide bonds. The molecule has 2 aromatic rings. The van der Waals surface area contributed by atoms with Crippen LogP contribution in [0.3, 0.4) is 0 Å². The third-order valence-corrected chi connectivity index (χ3v) is 4.66. The Balaban J connectivity index is 1.69. The van der Waals surface area contributed by atoms with Crippen LogP contribution >= 0.6 is 0 Å². The summed E-state index contributed by atoms with van der Waals surface area (Å²) in [5, 5.41) is 21.8. The zero-order chi connectivity index (χ0) is 19.9. The minimum absolute atomic E-state index is 0.213. The van der Waals surface area contributed by atoms with Crippen LogP contribution in [0.25, 0.3) is 6.08 Å². The first kappa shape index (κ1) is 19.6. The van der Waals surface area contributed by atoms with Crippen molar-refractivity contribution < 1.29 is 24.5 Å². The number of carbonyl (C=O) groups excluding carboxylic acids is 1. The predicted molar refractivity (Wildman–Crippen MR) is 105 cm³/mol. The standard InChI is InChI=1S/C22H23NO5/c24-19-8-4-5-9-20(19)28-17-12-10-15(11-13-17)14-18(22(26)27)23-21(25)16-6-2-1-3-7-16/h1-3,6-7,10-14,19-20,24H,4-5,8-9H2,(H,23,25)(H,26,27)/b18-14-. The maximum atomic E-state index is 12.2. The second-order valence-electron chi connectivity index (χ2n) is 6.76. The molecule has 2 aromatic carbocycles. The van der Waals surface area contributed by atoms with Gasteiger partial charge in [0.2, 0.25) is 0 Å². The van der Waals surface area contributed by atoms with Crippen LogP contribution in [0, 0.1) is 0 Å². The van der Waals surface area contributed by atoms with E-state index >= 15 is 0 Å². The SMILES string of the molecule is O=C(O)/C(=C/c1ccc(OC2CCCCC2O)cc1)NC(=O)c1ccccc1. The second kappa shape index (κ2) is 9.19. The molecule has 0 bridgehead atoms. The highest BCUT2D eigenvalue weighted by Crippen LogP contribution is 2.24. The normalized spacial score (nSPS) is 19.7. The average molecular weight is 381 g/mol. The lowest BCUT2D eigenvalue weighted by Crippen LogP contribution is -2.34. The number of aliphatic hydroxyl groups excluding tert-OH is 1. The summed E-state index contributed by atoms with van der Waals surface area (Å²) in [4.78, 5) is 23.7. The lowest BCUT2D eigenvalue weighted by Gasteiger charge is -2.28. The highest BCUT2D eigenvalue weighted by Gasteiger charge is 2.24. The molecule has 0 spiro atoms. The fourth-order valence-corrected chi connectivity index (χ4v) is 3.13. The number of benzene rings is 2. The maximum absolute atomic E-state index is 12.2. The summed E-state index contributed by atoms with van der Waals surface area (Å²) in [5.74, 6) is -1.09. The van der Waals surface area contributed by atoms with Gasteiger partial charge in [-0.05, 0) is 55.2 Å². The number of hydrogen-bond donors (Lipinski definition) is 3. The zero-order valence-corrected chi connectivity index (χ0v) is 15.4. The third kappa shape index (κ3) is 5.20. The quantitative estimate of drug-likeness (QED) is 0.668. The largest absolute Gasteiger partial charge is 0.488 e. The van der Waals surface area contributed by atoms with Crippen molar-refractivity contribution in [1.29, 1.82) is 0 Å². The Morgan fingerprint density at radius 1 is 1.00 bits per heavy atom. The molecular weight excluding hydrogens is 358 g/mol. The van der Waals surface area contributed by atoms with E-state index in [2.05, 4.69) is 5.32 Å². The molecule has 1 saturated carbocycles. The van der Waals surface area contributed by atoms with Gasteiger partial charge in [-0.1, -0.05) is 36.8 Å². The number of hydrogen-bond acceptors (Lipinski definition) is 4. The molecule has 0 heterocycles. The third-order valence-electron chi connectivity index (χ3n) is 4.66. The minimum Gasteiger partial charge on any atom is -0.488 e. The predicted octanol–water partition coefficient (Wildman–Crippen LogP) is 3.22. The Labute approximate surface area is 163 Å². The fraction of sp³-hybridized carbons (Fsp3) is 0.273. The number of aliphatic hydroxyl groups is 1. The highest BCUT2D eigenvalue weighted by molar-refractivity contribution is 6.02. The Hall–Kier alpha value is -3.12. The number of aliphatic carboxylic acids is 1. The van der Waals surface area contributed by atoms with Gasteiger partial charge in [-0.2, -0.15) is 0 Å². The van der Waals surface area contributed by atoms with Crippen molar-refractivity contribution in [2.24, 2.45) is 0 Å². The summed E-state index contributed by atoms with van der Waals surface area (Å²) in [6.07, 6.45) is 4.33. The average Bonchev–Trinajstić information content (AvgIpc) is 2.71. The van der Waals surface area contributed by atoms with Crippen LogP contribution in [0.4, 0.5) is 0 Å². The number of amides is 1. The molecule has 2 atom stereocenters. The summed E-state index contributed by atoms with van der Waals surface area (Å²) in [7, 11) is 0. The van der Waals surface area contributed by atoms with Crippen molar-refractivity contribution in [2.45, 2.75) is 37.9 Å². The Morgan fingerprint density at radius 2 is 1.68 bits per heavy atom. The summed E-state index contributed by atoms with van der Waals surface area (Å²) >= 11 is 0. The molecule has 1 aliphatic carbocycles. The van der Waals surface area contributed by atoms with Crippen molar-refractivity contribution in [3.8, 4) is 5.75 Å². The molecule has 0 saturated heterocycles. The number of carbonyl (C=O) groups is 2. The van der Waals surface area contributed by atoms with Crippen LogP contribution in [0.15, 0.2) is 60.3 Å². The zero-order valence-electron chi connectivity index (χ0n) is 15.4. The molecule has 3 N–H and O–H groups in total. The van der Waals surface area contributed by atoms with E-state index in [1.165, 1.54) is 6.08 Å². The van der Waals surface area contributed by atoms with Crippen LogP contribution in [-0.4, -0.2) is 34.3 Å². The van der Waals surface area contributed by atoms with Crippen LogP contribution in [0.2, 0.25) is 0 Å². The van der Waals surface area contributed by atoms with Gasteiger partial charge in [0.05, 0.1) is 6.10 Å². The van der Waals surface area contributed by atoms with E-state index in [0.717, 1.165) is 25.7 Å². The van der Waals surface area contributed by atoms with Crippen molar-refractivity contribution >= 4 is 18.0 Å². The summed E-state index contributed by atoms with van der Waals surface area (Å²) in [6, 6.07) is 15.3. The number of rotatable bonds is 6. The summed E-state index contributed by atoms with van der Waals surface area (Å²) in [5.41, 5.74) is 0.775. The molecule has 1 fully saturated rings. The fourth-order valence-electron chi connectivity index (χ4n) is 3.13. The van der Waals surface area contributed by atoms with E-state index in [0.29, 0.717) is 16.9 Å². The molecule has 28 heavy (non-hydrogen) atoms. The molecule has 6 nitrogen and oxygen atoms in total. The number of nitrogens with one attached hydrogen (secondary N) is 1. The van der Waals surface area contributed by atoms with Gasteiger partial charge in [-0.25, -0.2) is 4.79 Å². The first-order chi connectivity index (χ1) is 13.5. The Kier molecular flexibility index (Phi) is 6.45. The van der Waals surface area contributed by atoms with Gasteiger partial charge >= 0.3 is 5.97 Å². The van der Waals surface area contributed by atoms with E-state index in [1.54, 1.807) is 54.6 Å². The van der Waals surface area contributed by atoms with Crippen LogP contribution in [0.1, 0.15) is 41.6 Å². The monoisotopic (exact) mass is 381 g/mol.